The third-order valence-electron chi connectivity index (χ3n) is 2.98. The van der Waals surface area contributed by atoms with Gasteiger partial charge in [-0.1, -0.05) is 6.07 Å². The first-order valence-corrected chi connectivity index (χ1v) is 5.74. The minimum atomic E-state index is -0.168. The zero-order valence-corrected chi connectivity index (χ0v) is 9.52. The standard InChI is InChI=1S/C13H15N3O/c14-7-9-2-1-3-11(6-9)13(17)16-8-12(15)10-4-5-10/h1-3,6,10,12H,4-5,8,15H2,(H,16,17). The molecule has 0 saturated heterocycles. The maximum Gasteiger partial charge on any atom is 0.251 e. The van der Waals surface area contributed by atoms with Crippen LogP contribution in [0.25, 0.3) is 0 Å². The lowest BCUT2D eigenvalue weighted by molar-refractivity contribution is 0.0950. The van der Waals surface area contributed by atoms with Gasteiger partial charge in [-0.15, -0.1) is 0 Å². The molecule has 1 aliphatic rings. The van der Waals surface area contributed by atoms with E-state index >= 15 is 0 Å². The van der Waals surface area contributed by atoms with E-state index in [-0.39, 0.29) is 11.9 Å². The zero-order chi connectivity index (χ0) is 12.3. The zero-order valence-electron chi connectivity index (χ0n) is 9.52. The molecule has 4 nitrogen and oxygen atoms in total. The Hall–Kier alpha value is -1.86. The monoisotopic (exact) mass is 229 g/mol. The molecule has 0 aliphatic heterocycles. The Morgan fingerprint density at radius 3 is 3.00 bits per heavy atom. The molecular weight excluding hydrogens is 214 g/mol. The molecule has 0 spiro atoms. The van der Waals surface area contributed by atoms with Gasteiger partial charge in [0, 0.05) is 18.2 Å². The number of benzene rings is 1. The molecule has 1 atom stereocenters. The highest BCUT2D eigenvalue weighted by atomic mass is 16.1. The van der Waals surface area contributed by atoms with Crippen LogP contribution in [0.4, 0.5) is 0 Å². The first-order valence-electron chi connectivity index (χ1n) is 5.74. The second-order valence-electron chi connectivity index (χ2n) is 4.40. The summed E-state index contributed by atoms with van der Waals surface area (Å²) < 4.78 is 0. The summed E-state index contributed by atoms with van der Waals surface area (Å²) in [7, 11) is 0. The SMILES string of the molecule is N#Cc1cccc(C(=O)NCC(N)C2CC2)c1. The van der Waals surface area contributed by atoms with Gasteiger partial charge in [0.15, 0.2) is 0 Å². The molecule has 0 bridgehead atoms. The molecule has 1 fully saturated rings. The summed E-state index contributed by atoms with van der Waals surface area (Å²) in [5.74, 6) is 0.402. The maximum atomic E-state index is 11.8. The molecule has 1 aliphatic carbocycles. The first kappa shape index (κ1) is 11.6. The van der Waals surface area contributed by atoms with Crippen molar-refractivity contribution < 1.29 is 4.79 Å². The van der Waals surface area contributed by atoms with Crippen LogP contribution in [0.5, 0.6) is 0 Å². The summed E-state index contributed by atoms with van der Waals surface area (Å²) in [4.78, 5) is 11.8. The molecule has 1 unspecified atom stereocenters. The topological polar surface area (TPSA) is 78.9 Å². The molecule has 17 heavy (non-hydrogen) atoms. The molecule has 0 aromatic heterocycles. The highest BCUT2D eigenvalue weighted by Gasteiger charge is 2.28. The average molecular weight is 229 g/mol. The highest BCUT2D eigenvalue weighted by Crippen LogP contribution is 2.31. The van der Waals surface area contributed by atoms with Gasteiger partial charge in [-0.2, -0.15) is 5.26 Å². The number of nitrogens with one attached hydrogen (secondary N) is 1. The van der Waals surface area contributed by atoms with E-state index in [0.717, 1.165) is 0 Å². The summed E-state index contributed by atoms with van der Waals surface area (Å²) in [6.07, 6.45) is 2.34. The van der Waals surface area contributed by atoms with E-state index in [1.807, 2.05) is 6.07 Å². The van der Waals surface area contributed by atoms with Gasteiger partial charge in [0.05, 0.1) is 11.6 Å². The molecule has 2 rings (SSSR count). The van der Waals surface area contributed by atoms with E-state index in [4.69, 9.17) is 11.0 Å². The van der Waals surface area contributed by atoms with Crippen molar-refractivity contribution in [3.05, 3.63) is 35.4 Å². The smallest absolute Gasteiger partial charge is 0.251 e. The van der Waals surface area contributed by atoms with Gasteiger partial charge in [0.2, 0.25) is 0 Å². The second-order valence-corrected chi connectivity index (χ2v) is 4.40. The van der Waals surface area contributed by atoms with Crippen LogP contribution < -0.4 is 11.1 Å². The number of rotatable bonds is 4. The molecule has 1 saturated carbocycles. The summed E-state index contributed by atoms with van der Waals surface area (Å²) in [6.45, 7) is 0.500. The second kappa shape index (κ2) is 4.98. The number of hydrogen-bond donors (Lipinski definition) is 2. The number of hydrogen-bond acceptors (Lipinski definition) is 3. The summed E-state index contributed by atoms with van der Waals surface area (Å²) in [6, 6.07) is 8.72. The lowest BCUT2D eigenvalue weighted by atomic mass is 10.1. The van der Waals surface area contributed by atoms with E-state index in [1.165, 1.54) is 12.8 Å². The molecule has 88 valence electrons. The molecule has 1 aromatic rings. The number of nitrogens with two attached hydrogens (primary N) is 1. The van der Waals surface area contributed by atoms with Crippen molar-refractivity contribution in [3.63, 3.8) is 0 Å². The van der Waals surface area contributed by atoms with Crippen LogP contribution in [0, 0.1) is 17.2 Å². The van der Waals surface area contributed by atoms with Gasteiger partial charge in [0.1, 0.15) is 0 Å². The number of nitrogens with zero attached hydrogens (tertiary/aromatic N) is 1. The minimum absolute atomic E-state index is 0.0538. The number of carbonyl (C=O) groups excluding carboxylic acids is 1. The molecule has 3 N–H and O–H groups in total. The Bertz CT molecular complexity index is 460. The third kappa shape index (κ3) is 3.05. The minimum Gasteiger partial charge on any atom is -0.350 e. The van der Waals surface area contributed by atoms with E-state index in [0.29, 0.717) is 23.6 Å². The molecule has 0 radical (unpaired) electrons. The first-order chi connectivity index (χ1) is 8.20. The van der Waals surface area contributed by atoms with Crippen LogP contribution in [0.1, 0.15) is 28.8 Å². The predicted molar refractivity (Wildman–Crippen MR) is 64.2 cm³/mol. The maximum absolute atomic E-state index is 11.8. The Balaban J connectivity index is 1.92. The fraction of sp³-hybridized carbons (Fsp3) is 0.385. The van der Waals surface area contributed by atoms with Crippen LogP contribution in [0.3, 0.4) is 0 Å². The van der Waals surface area contributed by atoms with Gasteiger partial charge < -0.3 is 11.1 Å². The summed E-state index contributed by atoms with van der Waals surface area (Å²) in [5.41, 5.74) is 6.89. The summed E-state index contributed by atoms with van der Waals surface area (Å²) in [5, 5.41) is 11.5. The number of carbonyl (C=O) groups is 1. The van der Waals surface area contributed by atoms with Crippen molar-refractivity contribution in [2.75, 3.05) is 6.54 Å². The number of nitriles is 1. The van der Waals surface area contributed by atoms with E-state index < -0.39 is 0 Å². The average Bonchev–Trinajstić information content (AvgIpc) is 3.19. The van der Waals surface area contributed by atoms with Gasteiger partial charge in [-0.3, -0.25) is 4.79 Å². The van der Waals surface area contributed by atoms with Crippen molar-refractivity contribution >= 4 is 5.91 Å². The molecule has 1 aromatic carbocycles. The number of amides is 1. The van der Waals surface area contributed by atoms with Gasteiger partial charge in [-0.25, -0.2) is 0 Å². The van der Waals surface area contributed by atoms with E-state index in [2.05, 4.69) is 5.32 Å². The predicted octanol–water partition coefficient (Wildman–Crippen LogP) is 1.03. The van der Waals surface area contributed by atoms with Crippen LogP contribution in [-0.2, 0) is 0 Å². The van der Waals surface area contributed by atoms with Crippen molar-refractivity contribution in [3.8, 4) is 6.07 Å². The molecule has 0 heterocycles. The Labute approximate surface area is 100 Å². The molecule has 1 amide bonds. The van der Waals surface area contributed by atoms with Crippen molar-refractivity contribution in [2.24, 2.45) is 11.7 Å². The Morgan fingerprint density at radius 1 is 1.59 bits per heavy atom. The lowest BCUT2D eigenvalue weighted by Crippen LogP contribution is -2.38. The fourth-order valence-electron chi connectivity index (χ4n) is 1.73. The highest BCUT2D eigenvalue weighted by molar-refractivity contribution is 5.94. The largest absolute Gasteiger partial charge is 0.350 e. The molecule has 4 heteroatoms. The van der Waals surface area contributed by atoms with Gasteiger partial charge >= 0.3 is 0 Å². The van der Waals surface area contributed by atoms with Crippen LogP contribution in [0.15, 0.2) is 24.3 Å². The summed E-state index contributed by atoms with van der Waals surface area (Å²) >= 11 is 0. The lowest BCUT2D eigenvalue weighted by Gasteiger charge is -2.11. The van der Waals surface area contributed by atoms with E-state index in [9.17, 15) is 4.79 Å². The quantitative estimate of drug-likeness (QED) is 0.809. The normalized spacial score (nSPS) is 16.0. The van der Waals surface area contributed by atoms with Crippen molar-refractivity contribution in [2.45, 2.75) is 18.9 Å². The van der Waals surface area contributed by atoms with Crippen molar-refractivity contribution in [1.29, 1.82) is 5.26 Å². The van der Waals surface area contributed by atoms with Crippen LogP contribution in [-0.4, -0.2) is 18.5 Å². The van der Waals surface area contributed by atoms with Crippen molar-refractivity contribution in [1.82, 2.24) is 5.32 Å². The van der Waals surface area contributed by atoms with Crippen LogP contribution >= 0.6 is 0 Å². The molecular formula is C13H15N3O. The Morgan fingerprint density at radius 2 is 2.35 bits per heavy atom. The van der Waals surface area contributed by atoms with Crippen LogP contribution in [0.2, 0.25) is 0 Å². The van der Waals surface area contributed by atoms with Gasteiger partial charge in [-0.05, 0) is 37.0 Å². The third-order valence-corrected chi connectivity index (χ3v) is 2.98. The Kier molecular flexibility index (Phi) is 3.40. The van der Waals surface area contributed by atoms with E-state index in [1.54, 1.807) is 24.3 Å². The fourth-order valence-corrected chi connectivity index (χ4v) is 1.73. The van der Waals surface area contributed by atoms with Gasteiger partial charge in [0.25, 0.3) is 5.91 Å².